The van der Waals surface area contributed by atoms with Crippen molar-refractivity contribution in [2.24, 2.45) is 7.05 Å². The van der Waals surface area contributed by atoms with Crippen LogP contribution in [0.2, 0.25) is 0 Å². The van der Waals surface area contributed by atoms with Gasteiger partial charge in [-0.25, -0.2) is 0 Å². The summed E-state index contributed by atoms with van der Waals surface area (Å²) < 4.78 is 1.86. The lowest BCUT2D eigenvalue weighted by atomic mass is 9.75. The molecule has 1 aromatic heterocycles. The molecule has 1 saturated carbocycles. The fraction of sp³-hybridized carbons (Fsp3) is 0.769. The molecule has 0 atom stereocenters. The van der Waals surface area contributed by atoms with Crippen molar-refractivity contribution in [3.63, 3.8) is 0 Å². The van der Waals surface area contributed by atoms with Gasteiger partial charge in [0.2, 0.25) is 0 Å². The highest BCUT2D eigenvalue weighted by molar-refractivity contribution is 5.04. The van der Waals surface area contributed by atoms with Crippen LogP contribution in [0, 0.1) is 0 Å². The van der Waals surface area contributed by atoms with E-state index in [9.17, 15) is 0 Å². The van der Waals surface area contributed by atoms with Crippen LogP contribution in [0.3, 0.4) is 0 Å². The van der Waals surface area contributed by atoms with Crippen LogP contribution in [0.5, 0.6) is 0 Å². The Balaban J connectivity index is 1.69. The Labute approximate surface area is 104 Å². The Hall–Kier alpha value is -0.870. The summed E-state index contributed by atoms with van der Waals surface area (Å²) in [5.41, 5.74) is 1.74. The van der Waals surface area contributed by atoms with Crippen LogP contribution < -0.4 is 5.32 Å². The minimum Gasteiger partial charge on any atom is -0.315 e. The van der Waals surface area contributed by atoms with Crippen molar-refractivity contribution >= 4 is 0 Å². The van der Waals surface area contributed by atoms with Gasteiger partial charge in [0.05, 0.1) is 6.20 Å². The molecule has 1 aliphatic carbocycles. The first-order chi connectivity index (χ1) is 8.12. The molecule has 1 heterocycles. The Bertz CT molecular complexity index is 352. The van der Waals surface area contributed by atoms with Crippen molar-refractivity contribution < 1.29 is 0 Å². The Morgan fingerprint density at radius 1 is 1.47 bits per heavy atom. The molecular weight excluding hydrogens is 212 g/mol. The first-order valence-corrected chi connectivity index (χ1v) is 6.48. The highest BCUT2D eigenvalue weighted by Crippen LogP contribution is 2.35. The van der Waals surface area contributed by atoms with Crippen LogP contribution in [0.1, 0.15) is 24.8 Å². The largest absolute Gasteiger partial charge is 0.315 e. The molecular formula is C13H24N4. The van der Waals surface area contributed by atoms with Gasteiger partial charge in [-0.2, -0.15) is 5.10 Å². The van der Waals surface area contributed by atoms with E-state index in [2.05, 4.69) is 35.6 Å². The second-order valence-electron chi connectivity index (χ2n) is 5.42. The van der Waals surface area contributed by atoms with E-state index in [4.69, 9.17) is 0 Å². The van der Waals surface area contributed by atoms with Crippen molar-refractivity contribution in [3.05, 3.63) is 18.0 Å². The number of hydrogen-bond acceptors (Lipinski definition) is 3. The van der Waals surface area contributed by atoms with Crippen LogP contribution in [0.4, 0.5) is 0 Å². The van der Waals surface area contributed by atoms with E-state index in [1.807, 2.05) is 17.9 Å². The highest BCUT2D eigenvalue weighted by atomic mass is 15.2. The fourth-order valence-corrected chi connectivity index (χ4v) is 2.52. The van der Waals surface area contributed by atoms with E-state index in [0.29, 0.717) is 5.54 Å². The summed E-state index contributed by atoms with van der Waals surface area (Å²) in [7, 11) is 6.36. The summed E-state index contributed by atoms with van der Waals surface area (Å²) in [5.74, 6) is 0. The standard InChI is InChI=1S/C13H24N4/c1-16(2)13(6-4-7-13)11-14-8-5-12-9-15-17(3)10-12/h9-10,14H,4-8,11H2,1-3H3. The van der Waals surface area contributed by atoms with Gasteiger partial charge in [-0.05, 0) is 51.9 Å². The van der Waals surface area contributed by atoms with Gasteiger partial charge in [0.1, 0.15) is 0 Å². The molecule has 0 unspecified atom stereocenters. The van der Waals surface area contributed by atoms with Gasteiger partial charge in [0, 0.05) is 25.3 Å². The average Bonchev–Trinajstić information content (AvgIpc) is 2.61. The molecule has 1 N–H and O–H groups in total. The summed E-state index contributed by atoms with van der Waals surface area (Å²) in [6, 6.07) is 0. The first kappa shape index (κ1) is 12.6. The van der Waals surface area contributed by atoms with Crippen LogP contribution >= 0.6 is 0 Å². The third kappa shape index (κ3) is 2.87. The summed E-state index contributed by atoms with van der Waals surface area (Å²) >= 11 is 0. The summed E-state index contributed by atoms with van der Waals surface area (Å²) in [6.07, 6.45) is 9.15. The van der Waals surface area contributed by atoms with Gasteiger partial charge >= 0.3 is 0 Å². The quantitative estimate of drug-likeness (QED) is 0.749. The van der Waals surface area contributed by atoms with Crippen molar-refractivity contribution in [2.45, 2.75) is 31.2 Å². The molecule has 0 bridgehead atoms. The molecule has 1 fully saturated rings. The first-order valence-electron chi connectivity index (χ1n) is 6.48. The molecule has 0 aromatic carbocycles. The third-order valence-electron chi connectivity index (χ3n) is 4.04. The molecule has 1 aromatic rings. The summed E-state index contributed by atoms with van der Waals surface area (Å²) in [5, 5.41) is 7.77. The van der Waals surface area contributed by atoms with Crippen molar-refractivity contribution in [2.75, 3.05) is 27.2 Å². The van der Waals surface area contributed by atoms with Gasteiger partial charge in [-0.3, -0.25) is 4.68 Å². The maximum Gasteiger partial charge on any atom is 0.0522 e. The van der Waals surface area contributed by atoms with Crippen LogP contribution in [0.25, 0.3) is 0 Å². The number of aromatic nitrogens is 2. The van der Waals surface area contributed by atoms with Gasteiger partial charge < -0.3 is 10.2 Å². The van der Waals surface area contributed by atoms with Crippen molar-refractivity contribution in [3.8, 4) is 0 Å². The van der Waals surface area contributed by atoms with Crippen LogP contribution in [0.15, 0.2) is 12.4 Å². The van der Waals surface area contributed by atoms with Crippen LogP contribution in [-0.2, 0) is 13.5 Å². The zero-order valence-corrected chi connectivity index (χ0v) is 11.2. The molecule has 17 heavy (non-hydrogen) atoms. The number of nitrogens with zero attached hydrogens (tertiary/aromatic N) is 3. The molecule has 96 valence electrons. The molecule has 0 saturated heterocycles. The molecule has 0 amide bonds. The third-order valence-corrected chi connectivity index (χ3v) is 4.04. The van der Waals surface area contributed by atoms with Gasteiger partial charge in [-0.15, -0.1) is 0 Å². The maximum atomic E-state index is 4.18. The van der Waals surface area contributed by atoms with Gasteiger partial charge in [-0.1, -0.05) is 0 Å². The lowest BCUT2D eigenvalue weighted by Crippen LogP contribution is -2.56. The second kappa shape index (κ2) is 5.19. The number of rotatable bonds is 6. The SMILES string of the molecule is CN(C)C1(CNCCc2cnn(C)c2)CCC1. The van der Waals surface area contributed by atoms with E-state index in [1.165, 1.54) is 24.8 Å². The topological polar surface area (TPSA) is 33.1 Å². The predicted molar refractivity (Wildman–Crippen MR) is 70.1 cm³/mol. The lowest BCUT2D eigenvalue weighted by molar-refractivity contribution is 0.0604. The second-order valence-corrected chi connectivity index (χ2v) is 5.42. The zero-order chi connectivity index (χ0) is 12.3. The number of nitrogens with one attached hydrogen (secondary N) is 1. The summed E-state index contributed by atoms with van der Waals surface area (Å²) in [6.45, 7) is 2.15. The van der Waals surface area contributed by atoms with E-state index in [1.54, 1.807) is 0 Å². The number of hydrogen-bond donors (Lipinski definition) is 1. The summed E-state index contributed by atoms with van der Waals surface area (Å²) in [4.78, 5) is 2.38. The Morgan fingerprint density at radius 3 is 2.71 bits per heavy atom. The minimum absolute atomic E-state index is 0.426. The molecule has 0 aliphatic heterocycles. The molecule has 2 rings (SSSR count). The zero-order valence-electron chi connectivity index (χ0n) is 11.2. The lowest BCUT2D eigenvalue weighted by Gasteiger charge is -2.47. The predicted octanol–water partition coefficient (Wildman–Crippen LogP) is 1.04. The number of likely N-dealkylation sites (N-methyl/N-ethyl adjacent to an activating group) is 1. The minimum atomic E-state index is 0.426. The van der Waals surface area contributed by atoms with Gasteiger partial charge in [0.15, 0.2) is 0 Å². The normalized spacial score (nSPS) is 18.4. The molecule has 1 aliphatic rings. The van der Waals surface area contributed by atoms with E-state index in [-0.39, 0.29) is 0 Å². The molecule has 0 spiro atoms. The van der Waals surface area contributed by atoms with E-state index < -0.39 is 0 Å². The Morgan fingerprint density at radius 2 is 2.24 bits per heavy atom. The average molecular weight is 236 g/mol. The highest BCUT2D eigenvalue weighted by Gasteiger charge is 2.38. The van der Waals surface area contributed by atoms with Crippen molar-refractivity contribution in [1.29, 1.82) is 0 Å². The molecule has 0 radical (unpaired) electrons. The monoisotopic (exact) mass is 236 g/mol. The number of aryl methyl sites for hydroxylation is 1. The Kier molecular flexibility index (Phi) is 3.84. The van der Waals surface area contributed by atoms with E-state index >= 15 is 0 Å². The fourth-order valence-electron chi connectivity index (χ4n) is 2.52. The van der Waals surface area contributed by atoms with Crippen molar-refractivity contribution in [1.82, 2.24) is 20.0 Å². The van der Waals surface area contributed by atoms with Gasteiger partial charge in [0.25, 0.3) is 0 Å². The molecule has 4 nitrogen and oxygen atoms in total. The maximum absolute atomic E-state index is 4.18. The molecule has 4 heteroatoms. The van der Waals surface area contributed by atoms with Crippen LogP contribution in [-0.4, -0.2) is 47.4 Å². The van der Waals surface area contributed by atoms with E-state index in [0.717, 1.165) is 19.5 Å². The smallest absolute Gasteiger partial charge is 0.0522 e.